The van der Waals surface area contributed by atoms with Gasteiger partial charge in [-0.25, -0.2) is 5.01 Å². The predicted octanol–water partition coefficient (Wildman–Crippen LogP) is 5.03. The van der Waals surface area contributed by atoms with Gasteiger partial charge in [0.15, 0.2) is 0 Å². The van der Waals surface area contributed by atoms with Gasteiger partial charge in [0.25, 0.3) is 5.91 Å². The van der Waals surface area contributed by atoms with E-state index in [0.717, 1.165) is 36.9 Å². The molecule has 4 heteroatoms. The van der Waals surface area contributed by atoms with Crippen molar-refractivity contribution in [1.82, 2.24) is 5.01 Å². The molecule has 3 atom stereocenters. The summed E-state index contributed by atoms with van der Waals surface area (Å²) in [6, 6.07) is 7.90. The lowest BCUT2D eigenvalue weighted by atomic mass is 9.77. The third-order valence-corrected chi connectivity index (χ3v) is 6.46. The van der Waals surface area contributed by atoms with Crippen molar-refractivity contribution in [3.05, 3.63) is 29.8 Å². The average Bonchev–Trinajstić information content (AvgIpc) is 2.62. The van der Waals surface area contributed by atoms with Crippen LogP contribution in [0, 0.1) is 11.8 Å². The second-order valence-corrected chi connectivity index (χ2v) is 8.10. The normalized spacial score (nSPS) is 34.1. The first-order valence-corrected chi connectivity index (χ1v) is 9.91. The number of nitrogens with zero attached hydrogens (tertiary/aromatic N) is 2. The molecule has 1 heterocycles. The Morgan fingerprint density at radius 1 is 1.12 bits per heavy atom. The van der Waals surface area contributed by atoms with Crippen LogP contribution in [0.5, 0.6) is 0 Å². The highest BCUT2D eigenvalue weighted by Gasteiger charge is 2.50. The third kappa shape index (κ3) is 2.76. The van der Waals surface area contributed by atoms with Crippen molar-refractivity contribution >= 4 is 17.3 Å². The van der Waals surface area contributed by atoms with E-state index in [9.17, 15) is 4.79 Å². The minimum Gasteiger partial charge on any atom is -0.360 e. The maximum atomic E-state index is 13.4. The van der Waals surface area contributed by atoms with E-state index in [-0.39, 0.29) is 11.6 Å². The van der Waals surface area contributed by atoms with E-state index in [0.29, 0.717) is 11.8 Å². The number of hydrogen-bond acceptors (Lipinski definition) is 3. The number of fused-ring (bicyclic) bond motifs is 1. The molecule has 1 aromatic carbocycles. The zero-order chi connectivity index (χ0) is 17.4. The number of anilines is 1. The van der Waals surface area contributed by atoms with Crippen LogP contribution in [0.3, 0.4) is 0 Å². The van der Waals surface area contributed by atoms with E-state index in [2.05, 4.69) is 19.2 Å². The van der Waals surface area contributed by atoms with Crippen LogP contribution in [0.4, 0.5) is 5.69 Å². The fourth-order valence-corrected chi connectivity index (χ4v) is 4.77. The Morgan fingerprint density at radius 3 is 2.72 bits per heavy atom. The number of hydrogen-bond donors (Lipinski definition) is 1. The summed E-state index contributed by atoms with van der Waals surface area (Å²) >= 11 is 0. The van der Waals surface area contributed by atoms with Gasteiger partial charge in [-0.15, -0.1) is 0 Å². The molecule has 4 rings (SSSR count). The highest BCUT2D eigenvalue weighted by Crippen LogP contribution is 2.44. The number of hydrazone groups is 1. The Balaban J connectivity index is 1.80. The minimum absolute atomic E-state index is 0.0633. The van der Waals surface area contributed by atoms with E-state index >= 15 is 0 Å². The number of rotatable bonds is 1. The molecule has 134 valence electrons. The van der Waals surface area contributed by atoms with Gasteiger partial charge < -0.3 is 5.32 Å². The van der Waals surface area contributed by atoms with Crippen molar-refractivity contribution in [3.63, 3.8) is 0 Å². The molecule has 2 aliphatic carbocycles. The molecule has 0 saturated heterocycles. The van der Waals surface area contributed by atoms with Gasteiger partial charge in [0.1, 0.15) is 5.66 Å². The van der Waals surface area contributed by atoms with Gasteiger partial charge in [-0.2, -0.15) is 5.10 Å². The van der Waals surface area contributed by atoms with Crippen LogP contribution in [0.1, 0.15) is 75.6 Å². The van der Waals surface area contributed by atoms with Gasteiger partial charge in [-0.1, -0.05) is 38.8 Å². The van der Waals surface area contributed by atoms with Gasteiger partial charge in [0.05, 0.1) is 5.56 Å². The van der Waals surface area contributed by atoms with Gasteiger partial charge >= 0.3 is 0 Å². The van der Waals surface area contributed by atoms with Crippen molar-refractivity contribution in [1.29, 1.82) is 0 Å². The number of benzene rings is 1. The first kappa shape index (κ1) is 16.6. The molecule has 1 amide bonds. The molecule has 2 fully saturated rings. The summed E-state index contributed by atoms with van der Waals surface area (Å²) in [7, 11) is 0. The van der Waals surface area contributed by atoms with Crippen LogP contribution >= 0.6 is 0 Å². The largest absolute Gasteiger partial charge is 0.360 e. The summed E-state index contributed by atoms with van der Waals surface area (Å²) in [6.45, 7) is 4.52. The zero-order valence-corrected chi connectivity index (χ0v) is 15.4. The fourth-order valence-electron chi connectivity index (χ4n) is 4.77. The first-order chi connectivity index (χ1) is 12.1. The number of amides is 1. The van der Waals surface area contributed by atoms with Gasteiger partial charge in [-0.3, -0.25) is 4.79 Å². The molecule has 1 spiro atoms. The molecule has 4 nitrogen and oxygen atoms in total. The maximum Gasteiger partial charge on any atom is 0.278 e. The minimum atomic E-state index is -0.367. The lowest BCUT2D eigenvalue weighted by Gasteiger charge is -2.51. The highest BCUT2D eigenvalue weighted by atomic mass is 16.2. The molecule has 3 unspecified atom stereocenters. The molecular formula is C21H29N3O. The first-order valence-electron chi connectivity index (χ1n) is 9.91. The summed E-state index contributed by atoms with van der Waals surface area (Å²) in [5, 5.41) is 10.6. The summed E-state index contributed by atoms with van der Waals surface area (Å²) in [5.41, 5.74) is 2.56. The summed E-state index contributed by atoms with van der Waals surface area (Å²) < 4.78 is 0. The summed E-state index contributed by atoms with van der Waals surface area (Å²) in [4.78, 5) is 13.4. The lowest BCUT2D eigenvalue weighted by molar-refractivity contribution is 0.0204. The lowest BCUT2D eigenvalue weighted by Crippen LogP contribution is -2.62. The van der Waals surface area contributed by atoms with Crippen molar-refractivity contribution in [2.75, 3.05) is 5.32 Å². The van der Waals surface area contributed by atoms with Crippen LogP contribution in [-0.2, 0) is 0 Å². The number of para-hydroxylation sites is 1. The van der Waals surface area contributed by atoms with Crippen molar-refractivity contribution in [3.8, 4) is 0 Å². The molecular weight excluding hydrogens is 310 g/mol. The Hall–Kier alpha value is -1.84. The zero-order valence-electron chi connectivity index (χ0n) is 15.4. The van der Waals surface area contributed by atoms with E-state index in [1.54, 1.807) is 0 Å². The Bertz CT molecular complexity index is 698. The number of nitrogens with one attached hydrogen (secondary N) is 1. The Kier molecular flexibility index (Phi) is 4.30. The van der Waals surface area contributed by atoms with Crippen LogP contribution < -0.4 is 5.32 Å². The topological polar surface area (TPSA) is 44.7 Å². The van der Waals surface area contributed by atoms with Crippen LogP contribution in [0.2, 0.25) is 0 Å². The fraction of sp³-hybridized carbons (Fsp3) is 0.619. The smallest absolute Gasteiger partial charge is 0.278 e. The molecule has 0 bridgehead atoms. The Labute approximate surface area is 150 Å². The summed E-state index contributed by atoms with van der Waals surface area (Å²) in [6.07, 6.45) is 9.17. The van der Waals surface area contributed by atoms with E-state index in [1.807, 2.05) is 29.3 Å². The SMILES string of the molecule is CC1CCCCC1=NN1C(=O)c2ccccc2NC12CCCCC2C. The second-order valence-electron chi connectivity index (χ2n) is 8.10. The second kappa shape index (κ2) is 6.47. The molecule has 1 aromatic rings. The van der Waals surface area contributed by atoms with Crippen LogP contribution in [0.15, 0.2) is 29.4 Å². The molecule has 25 heavy (non-hydrogen) atoms. The monoisotopic (exact) mass is 339 g/mol. The predicted molar refractivity (Wildman–Crippen MR) is 102 cm³/mol. The van der Waals surface area contributed by atoms with Gasteiger partial charge in [0, 0.05) is 11.4 Å². The highest BCUT2D eigenvalue weighted by molar-refractivity contribution is 6.03. The molecule has 3 aliphatic rings. The molecule has 2 saturated carbocycles. The number of carbonyl (C=O) groups excluding carboxylic acids is 1. The maximum absolute atomic E-state index is 13.4. The molecule has 1 N–H and O–H groups in total. The van der Waals surface area contributed by atoms with E-state index < -0.39 is 0 Å². The standard InChI is InChI=1S/C21H29N3O/c1-15-9-3-5-12-18(15)23-24-20(25)17-11-4-6-13-19(17)22-21(24)14-8-7-10-16(21)2/h4,6,11,13,15-16,22H,3,5,7-10,12,14H2,1-2H3. The molecule has 0 radical (unpaired) electrons. The van der Waals surface area contributed by atoms with E-state index in [4.69, 9.17) is 5.10 Å². The van der Waals surface area contributed by atoms with Gasteiger partial charge in [0.2, 0.25) is 0 Å². The number of carbonyl (C=O) groups is 1. The van der Waals surface area contributed by atoms with Gasteiger partial charge in [-0.05, 0) is 62.5 Å². The summed E-state index contributed by atoms with van der Waals surface area (Å²) in [5.74, 6) is 0.935. The molecule has 1 aliphatic heterocycles. The Morgan fingerprint density at radius 2 is 1.92 bits per heavy atom. The van der Waals surface area contributed by atoms with Crippen molar-refractivity contribution in [2.24, 2.45) is 16.9 Å². The van der Waals surface area contributed by atoms with E-state index in [1.165, 1.54) is 31.4 Å². The third-order valence-electron chi connectivity index (χ3n) is 6.46. The van der Waals surface area contributed by atoms with Crippen LogP contribution in [0.25, 0.3) is 0 Å². The van der Waals surface area contributed by atoms with Crippen molar-refractivity contribution < 1.29 is 4.79 Å². The van der Waals surface area contributed by atoms with Crippen LogP contribution in [-0.4, -0.2) is 22.3 Å². The molecule has 0 aromatic heterocycles. The van der Waals surface area contributed by atoms with Crippen molar-refractivity contribution in [2.45, 2.75) is 70.9 Å². The average molecular weight is 339 g/mol. The quantitative estimate of drug-likeness (QED) is 0.780.